The van der Waals surface area contributed by atoms with Gasteiger partial charge < -0.3 is 9.64 Å². The Morgan fingerprint density at radius 3 is 3.04 bits per heavy atom. The molecule has 128 valence electrons. The maximum absolute atomic E-state index is 12.9. The van der Waals surface area contributed by atoms with E-state index in [2.05, 4.69) is 10.1 Å². The molecule has 1 fully saturated rings. The molecule has 0 spiro atoms. The molecule has 4 rings (SSSR count). The van der Waals surface area contributed by atoms with Gasteiger partial charge in [-0.3, -0.25) is 9.78 Å². The molecular weight excluding hydrogens is 316 g/mol. The highest BCUT2D eigenvalue weighted by molar-refractivity contribution is 6.00. The lowest BCUT2D eigenvalue weighted by molar-refractivity contribution is -0.00780. The zero-order chi connectivity index (χ0) is 17.1. The van der Waals surface area contributed by atoms with E-state index < -0.39 is 0 Å². The van der Waals surface area contributed by atoms with Gasteiger partial charge in [-0.1, -0.05) is 12.1 Å². The lowest BCUT2D eigenvalue weighted by Crippen LogP contribution is -2.43. The molecule has 25 heavy (non-hydrogen) atoms. The van der Waals surface area contributed by atoms with E-state index in [1.165, 1.54) is 0 Å². The minimum absolute atomic E-state index is 0.0207. The van der Waals surface area contributed by atoms with Crippen molar-refractivity contribution < 1.29 is 9.53 Å². The van der Waals surface area contributed by atoms with Gasteiger partial charge in [0.25, 0.3) is 5.91 Å². The van der Waals surface area contributed by atoms with Crippen molar-refractivity contribution in [3.05, 3.63) is 66.2 Å². The van der Waals surface area contributed by atoms with E-state index in [4.69, 9.17) is 4.74 Å². The number of pyridine rings is 2. The lowest BCUT2D eigenvalue weighted by Gasteiger charge is -2.32. The van der Waals surface area contributed by atoms with Gasteiger partial charge in [0.2, 0.25) is 0 Å². The van der Waals surface area contributed by atoms with Crippen molar-refractivity contribution in [3.63, 3.8) is 0 Å². The quantitative estimate of drug-likeness (QED) is 0.735. The minimum Gasteiger partial charge on any atom is -0.370 e. The standard InChI is InChI=1S/C19H20N4O2/c24-19(17-12-21-23-11-4-2-8-18(17)23)22-10-5-7-16(13-22)25-14-15-6-1-3-9-20-15/h1-4,6,8-9,11-12,16H,5,7,10,13-14H2/t16-/m0/s1. The first-order valence-corrected chi connectivity index (χ1v) is 8.54. The van der Waals surface area contributed by atoms with Crippen LogP contribution in [0.5, 0.6) is 0 Å². The highest BCUT2D eigenvalue weighted by atomic mass is 16.5. The number of fused-ring (bicyclic) bond motifs is 1. The van der Waals surface area contributed by atoms with Crippen LogP contribution in [0.3, 0.4) is 0 Å². The zero-order valence-electron chi connectivity index (χ0n) is 13.9. The van der Waals surface area contributed by atoms with Gasteiger partial charge in [-0.15, -0.1) is 0 Å². The van der Waals surface area contributed by atoms with Gasteiger partial charge in [0.05, 0.1) is 35.7 Å². The van der Waals surface area contributed by atoms with Gasteiger partial charge in [0.1, 0.15) is 0 Å². The number of hydrogen-bond acceptors (Lipinski definition) is 4. The molecule has 1 atom stereocenters. The summed E-state index contributed by atoms with van der Waals surface area (Å²) in [6.07, 6.45) is 7.21. The van der Waals surface area contributed by atoms with Crippen molar-refractivity contribution >= 4 is 11.4 Å². The number of amides is 1. The predicted molar refractivity (Wildman–Crippen MR) is 93.1 cm³/mol. The first kappa shape index (κ1) is 15.8. The number of hydrogen-bond donors (Lipinski definition) is 0. The van der Waals surface area contributed by atoms with Crippen LogP contribution in [0.25, 0.3) is 5.52 Å². The van der Waals surface area contributed by atoms with Crippen molar-refractivity contribution in [2.75, 3.05) is 13.1 Å². The van der Waals surface area contributed by atoms with Crippen LogP contribution in [0.15, 0.2) is 55.0 Å². The number of likely N-dealkylation sites (tertiary alicyclic amines) is 1. The van der Waals surface area contributed by atoms with Crippen LogP contribution in [0.2, 0.25) is 0 Å². The van der Waals surface area contributed by atoms with Gasteiger partial charge in [0.15, 0.2) is 0 Å². The van der Waals surface area contributed by atoms with Gasteiger partial charge >= 0.3 is 0 Å². The fourth-order valence-electron chi connectivity index (χ4n) is 3.22. The second-order valence-corrected chi connectivity index (χ2v) is 6.24. The summed E-state index contributed by atoms with van der Waals surface area (Å²) >= 11 is 0. The summed E-state index contributed by atoms with van der Waals surface area (Å²) < 4.78 is 7.71. The van der Waals surface area contributed by atoms with Crippen LogP contribution in [0.4, 0.5) is 0 Å². The molecule has 0 aromatic carbocycles. The number of carbonyl (C=O) groups is 1. The molecule has 0 radical (unpaired) electrons. The van der Waals surface area contributed by atoms with Gasteiger partial charge in [-0.05, 0) is 37.1 Å². The fourth-order valence-corrected chi connectivity index (χ4v) is 3.22. The Hall–Kier alpha value is -2.73. The number of rotatable bonds is 4. The Morgan fingerprint density at radius 2 is 2.16 bits per heavy atom. The zero-order valence-corrected chi connectivity index (χ0v) is 13.9. The maximum Gasteiger partial charge on any atom is 0.257 e. The molecule has 3 aromatic rings. The number of aromatic nitrogens is 3. The molecule has 3 aromatic heterocycles. The smallest absolute Gasteiger partial charge is 0.257 e. The third-order valence-electron chi connectivity index (χ3n) is 4.52. The maximum atomic E-state index is 12.9. The summed E-state index contributed by atoms with van der Waals surface area (Å²) in [5.41, 5.74) is 2.39. The van der Waals surface area contributed by atoms with E-state index in [1.54, 1.807) is 16.9 Å². The van der Waals surface area contributed by atoms with Gasteiger partial charge in [-0.2, -0.15) is 5.10 Å². The van der Waals surface area contributed by atoms with Crippen LogP contribution in [-0.2, 0) is 11.3 Å². The number of ether oxygens (including phenoxy) is 1. The van der Waals surface area contributed by atoms with E-state index in [0.29, 0.717) is 18.7 Å². The summed E-state index contributed by atoms with van der Waals surface area (Å²) in [5.74, 6) is 0.0207. The van der Waals surface area contributed by atoms with Crippen molar-refractivity contribution in [2.45, 2.75) is 25.6 Å². The molecule has 0 unspecified atom stereocenters. The molecule has 1 aliphatic heterocycles. The second-order valence-electron chi connectivity index (χ2n) is 6.24. The summed E-state index contributed by atoms with van der Waals surface area (Å²) in [7, 11) is 0. The summed E-state index contributed by atoms with van der Waals surface area (Å²) in [4.78, 5) is 19.0. The van der Waals surface area contributed by atoms with E-state index in [9.17, 15) is 4.79 Å². The van der Waals surface area contributed by atoms with Crippen molar-refractivity contribution in [3.8, 4) is 0 Å². The van der Waals surface area contributed by atoms with Crippen molar-refractivity contribution in [2.24, 2.45) is 0 Å². The SMILES string of the molecule is O=C(c1cnn2ccccc12)N1CCC[C@H](OCc2ccccn2)C1. The second kappa shape index (κ2) is 7.03. The Morgan fingerprint density at radius 1 is 1.24 bits per heavy atom. The number of nitrogens with zero attached hydrogens (tertiary/aromatic N) is 4. The summed E-state index contributed by atoms with van der Waals surface area (Å²) in [6.45, 7) is 1.84. The van der Waals surface area contributed by atoms with Gasteiger partial charge in [-0.25, -0.2) is 4.52 Å². The Balaban J connectivity index is 1.43. The van der Waals surface area contributed by atoms with E-state index in [0.717, 1.165) is 30.6 Å². The third kappa shape index (κ3) is 3.39. The van der Waals surface area contributed by atoms with Crippen molar-refractivity contribution in [1.29, 1.82) is 0 Å². The van der Waals surface area contributed by atoms with E-state index >= 15 is 0 Å². The van der Waals surface area contributed by atoms with Crippen molar-refractivity contribution in [1.82, 2.24) is 19.5 Å². The average molecular weight is 336 g/mol. The average Bonchev–Trinajstić information content (AvgIpc) is 3.11. The van der Waals surface area contributed by atoms with Gasteiger partial charge in [0, 0.05) is 25.5 Å². The molecule has 1 saturated heterocycles. The molecular formula is C19H20N4O2. The molecule has 0 N–H and O–H groups in total. The molecule has 0 aliphatic carbocycles. The number of carbonyl (C=O) groups excluding carboxylic acids is 1. The molecule has 6 nitrogen and oxygen atoms in total. The highest BCUT2D eigenvalue weighted by Crippen LogP contribution is 2.19. The first-order valence-electron chi connectivity index (χ1n) is 8.54. The Kier molecular flexibility index (Phi) is 4.43. The Bertz CT molecular complexity index is 862. The van der Waals surface area contributed by atoms with E-state index in [1.807, 2.05) is 47.5 Å². The highest BCUT2D eigenvalue weighted by Gasteiger charge is 2.26. The minimum atomic E-state index is 0.0207. The predicted octanol–water partition coefficient (Wildman–Crippen LogP) is 2.55. The molecule has 0 saturated carbocycles. The molecule has 1 amide bonds. The number of piperidine rings is 1. The molecule has 6 heteroatoms. The molecule has 1 aliphatic rings. The third-order valence-corrected chi connectivity index (χ3v) is 4.52. The topological polar surface area (TPSA) is 59.7 Å². The first-order chi connectivity index (χ1) is 12.3. The van der Waals surface area contributed by atoms with Crippen LogP contribution in [0, 0.1) is 0 Å². The monoisotopic (exact) mass is 336 g/mol. The van der Waals surface area contributed by atoms with E-state index in [-0.39, 0.29) is 12.0 Å². The van der Waals surface area contributed by atoms with Crippen LogP contribution in [-0.4, -0.2) is 44.6 Å². The molecule has 0 bridgehead atoms. The summed E-state index contributed by atoms with van der Waals surface area (Å²) in [6, 6.07) is 11.5. The fraction of sp³-hybridized carbons (Fsp3) is 0.316. The van der Waals surface area contributed by atoms with Crippen LogP contribution in [0.1, 0.15) is 28.9 Å². The lowest BCUT2D eigenvalue weighted by atomic mass is 10.1. The summed E-state index contributed by atoms with van der Waals surface area (Å²) in [5, 5.41) is 4.26. The normalized spacial score (nSPS) is 17.8. The van der Waals surface area contributed by atoms with Crippen LogP contribution < -0.4 is 0 Å². The Labute approximate surface area is 146 Å². The van der Waals surface area contributed by atoms with Crippen LogP contribution >= 0.6 is 0 Å². The molecule has 4 heterocycles. The largest absolute Gasteiger partial charge is 0.370 e.